The van der Waals surface area contributed by atoms with Gasteiger partial charge in [0.25, 0.3) is 0 Å². The maximum atomic E-state index is 12.7. The Kier molecular flexibility index (Phi) is 7.70. The van der Waals surface area contributed by atoms with Gasteiger partial charge in [0.1, 0.15) is 0 Å². The number of benzene rings is 2. The largest absolute Gasteiger partial charge is 0.348 e. The van der Waals surface area contributed by atoms with E-state index in [2.05, 4.69) is 19.2 Å². The van der Waals surface area contributed by atoms with E-state index in [0.29, 0.717) is 11.5 Å². The van der Waals surface area contributed by atoms with E-state index in [4.69, 9.17) is 0 Å². The molecule has 0 radical (unpaired) electrons. The minimum atomic E-state index is -3.84. The Bertz CT molecular complexity index is 939. The zero-order valence-corrected chi connectivity index (χ0v) is 18.1. The molecular weight excluding hydrogens is 388 g/mol. The number of ketones is 1. The second-order valence-corrected chi connectivity index (χ2v) is 9.55. The van der Waals surface area contributed by atoms with Gasteiger partial charge < -0.3 is 5.32 Å². The van der Waals surface area contributed by atoms with Gasteiger partial charge in [-0.25, -0.2) is 8.42 Å². The Balaban J connectivity index is 2.10. The molecule has 1 atom stereocenters. The topological polar surface area (TPSA) is 83.6 Å². The van der Waals surface area contributed by atoms with Crippen molar-refractivity contribution in [2.24, 2.45) is 5.92 Å². The molecule has 0 saturated carbocycles. The lowest BCUT2D eigenvalue weighted by molar-refractivity contribution is -0.122. The first-order chi connectivity index (χ1) is 13.6. The van der Waals surface area contributed by atoms with Crippen molar-refractivity contribution in [2.75, 3.05) is 13.6 Å². The quantitative estimate of drug-likeness (QED) is 0.635. The minimum Gasteiger partial charge on any atom is -0.348 e. The third kappa shape index (κ3) is 6.24. The number of hydrogen-bond acceptors (Lipinski definition) is 4. The van der Waals surface area contributed by atoms with Crippen LogP contribution in [0, 0.1) is 5.92 Å². The fraction of sp³-hybridized carbons (Fsp3) is 0.364. The first kappa shape index (κ1) is 22.8. The van der Waals surface area contributed by atoms with Gasteiger partial charge >= 0.3 is 0 Å². The molecule has 0 bridgehead atoms. The van der Waals surface area contributed by atoms with Crippen LogP contribution in [-0.2, 0) is 14.8 Å². The van der Waals surface area contributed by atoms with Gasteiger partial charge in [-0.3, -0.25) is 9.59 Å². The second kappa shape index (κ2) is 9.80. The van der Waals surface area contributed by atoms with Crippen molar-refractivity contribution in [3.05, 3.63) is 65.7 Å². The maximum Gasteiger partial charge on any atom is 0.243 e. The number of carbonyl (C=O) groups is 2. The monoisotopic (exact) mass is 416 g/mol. The summed E-state index contributed by atoms with van der Waals surface area (Å²) in [6.07, 6.45) is 0.749. The molecule has 0 aliphatic carbocycles. The third-order valence-corrected chi connectivity index (χ3v) is 6.40. The number of sulfonamides is 1. The van der Waals surface area contributed by atoms with E-state index in [-0.39, 0.29) is 29.2 Å². The number of hydrogen-bond donors (Lipinski definition) is 1. The molecule has 7 heteroatoms. The lowest BCUT2D eigenvalue weighted by atomic mass is 9.97. The lowest BCUT2D eigenvalue weighted by Crippen LogP contribution is -2.40. The fourth-order valence-electron chi connectivity index (χ4n) is 3.00. The Morgan fingerprint density at radius 2 is 1.59 bits per heavy atom. The molecule has 1 unspecified atom stereocenters. The van der Waals surface area contributed by atoms with E-state index < -0.39 is 10.0 Å². The maximum absolute atomic E-state index is 12.7. The molecule has 0 spiro atoms. The van der Waals surface area contributed by atoms with E-state index in [1.807, 2.05) is 30.3 Å². The first-order valence-electron chi connectivity index (χ1n) is 9.53. The van der Waals surface area contributed by atoms with Crippen LogP contribution in [0.15, 0.2) is 59.5 Å². The Morgan fingerprint density at radius 1 is 1.00 bits per heavy atom. The molecule has 1 amide bonds. The number of carbonyl (C=O) groups excluding carboxylic acids is 2. The molecule has 29 heavy (non-hydrogen) atoms. The summed E-state index contributed by atoms with van der Waals surface area (Å²) in [5.74, 6) is -0.147. The van der Waals surface area contributed by atoms with Crippen LogP contribution in [0.1, 0.15) is 49.2 Å². The van der Waals surface area contributed by atoms with Gasteiger partial charge in [0.2, 0.25) is 15.9 Å². The number of likely N-dealkylation sites (N-methyl/N-ethyl adjacent to an activating group) is 1. The summed E-state index contributed by atoms with van der Waals surface area (Å²) in [4.78, 5) is 24.0. The molecule has 0 saturated heterocycles. The van der Waals surface area contributed by atoms with Crippen molar-refractivity contribution in [1.82, 2.24) is 9.62 Å². The number of rotatable bonds is 9. The van der Waals surface area contributed by atoms with E-state index in [1.54, 1.807) is 0 Å². The molecule has 156 valence electrons. The van der Waals surface area contributed by atoms with Crippen molar-refractivity contribution >= 4 is 21.7 Å². The van der Waals surface area contributed by atoms with Crippen LogP contribution >= 0.6 is 0 Å². The molecule has 0 aliphatic heterocycles. The summed E-state index contributed by atoms with van der Waals surface area (Å²) in [6.45, 7) is 5.27. The lowest BCUT2D eigenvalue weighted by Gasteiger charge is -2.23. The highest BCUT2D eigenvalue weighted by Gasteiger charge is 2.24. The average Bonchev–Trinajstić information content (AvgIpc) is 2.67. The molecule has 2 aromatic carbocycles. The molecule has 6 nitrogen and oxygen atoms in total. The molecule has 1 N–H and O–H groups in total. The van der Waals surface area contributed by atoms with Gasteiger partial charge in [0, 0.05) is 12.6 Å². The van der Waals surface area contributed by atoms with Crippen LogP contribution in [0.5, 0.6) is 0 Å². The molecule has 0 aromatic heterocycles. The van der Waals surface area contributed by atoms with Crippen LogP contribution in [0.3, 0.4) is 0 Å². The van der Waals surface area contributed by atoms with Crippen molar-refractivity contribution in [3.63, 3.8) is 0 Å². The predicted molar refractivity (Wildman–Crippen MR) is 113 cm³/mol. The van der Waals surface area contributed by atoms with E-state index in [1.165, 1.54) is 38.2 Å². The fourth-order valence-corrected chi connectivity index (χ4v) is 4.13. The molecule has 2 rings (SSSR count). The summed E-state index contributed by atoms with van der Waals surface area (Å²) < 4.78 is 26.5. The highest BCUT2D eigenvalue weighted by Crippen LogP contribution is 2.21. The van der Waals surface area contributed by atoms with Crippen molar-refractivity contribution < 1.29 is 18.0 Å². The highest BCUT2D eigenvalue weighted by molar-refractivity contribution is 7.89. The second-order valence-electron chi connectivity index (χ2n) is 7.50. The molecule has 0 heterocycles. The van der Waals surface area contributed by atoms with Crippen LogP contribution in [0.25, 0.3) is 0 Å². The van der Waals surface area contributed by atoms with Gasteiger partial charge in [0.05, 0.1) is 17.5 Å². The minimum absolute atomic E-state index is 0.0413. The Labute approximate surface area is 173 Å². The van der Waals surface area contributed by atoms with Gasteiger partial charge in [-0.1, -0.05) is 56.3 Å². The standard InChI is InChI=1S/C22H28N2O4S/c1-16(2)14-21(19-8-6-5-7-9-19)23-22(26)15-24(4)29(27,28)20-12-10-18(11-13-20)17(3)25/h5-13,16,21H,14-15H2,1-4H3,(H,23,26). The summed E-state index contributed by atoms with van der Waals surface area (Å²) in [5, 5.41) is 2.95. The highest BCUT2D eigenvalue weighted by atomic mass is 32.2. The molecular formula is C22H28N2O4S. The number of nitrogens with zero attached hydrogens (tertiary/aromatic N) is 1. The van der Waals surface area contributed by atoms with Crippen molar-refractivity contribution in [3.8, 4) is 0 Å². The Hall–Kier alpha value is -2.51. The molecule has 0 aliphatic rings. The van der Waals surface area contributed by atoms with Crippen LogP contribution in [-0.4, -0.2) is 38.0 Å². The summed E-state index contributed by atoms with van der Waals surface area (Å²) in [7, 11) is -2.47. The number of amides is 1. The van der Waals surface area contributed by atoms with Crippen molar-refractivity contribution in [2.45, 2.75) is 38.1 Å². The van der Waals surface area contributed by atoms with E-state index in [0.717, 1.165) is 16.3 Å². The zero-order valence-electron chi connectivity index (χ0n) is 17.3. The molecule has 0 fully saturated rings. The summed E-state index contributed by atoms with van der Waals surface area (Å²) in [6, 6.07) is 15.2. The third-order valence-electron chi connectivity index (χ3n) is 4.58. The van der Waals surface area contributed by atoms with Crippen LogP contribution < -0.4 is 5.32 Å². The van der Waals surface area contributed by atoms with Gasteiger partial charge in [-0.15, -0.1) is 0 Å². The first-order valence-corrected chi connectivity index (χ1v) is 11.0. The van der Waals surface area contributed by atoms with Crippen LogP contribution in [0.2, 0.25) is 0 Å². The average molecular weight is 417 g/mol. The van der Waals surface area contributed by atoms with Gasteiger partial charge in [0.15, 0.2) is 5.78 Å². The van der Waals surface area contributed by atoms with Gasteiger partial charge in [-0.2, -0.15) is 4.31 Å². The number of nitrogens with one attached hydrogen (secondary N) is 1. The van der Waals surface area contributed by atoms with E-state index in [9.17, 15) is 18.0 Å². The van der Waals surface area contributed by atoms with Crippen LogP contribution in [0.4, 0.5) is 0 Å². The normalized spacial score (nSPS) is 12.8. The zero-order chi connectivity index (χ0) is 21.6. The Morgan fingerprint density at radius 3 is 2.10 bits per heavy atom. The predicted octanol–water partition coefficient (Wildman–Crippen LogP) is 3.41. The SMILES string of the molecule is CC(=O)c1ccc(S(=O)(=O)N(C)CC(=O)NC(CC(C)C)c2ccccc2)cc1. The molecule has 2 aromatic rings. The smallest absolute Gasteiger partial charge is 0.243 e. The van der Waals surface area contributed by atoms with Crippen molar-refractivity contribution in [1.29, 1.82) is 0 Å². The number of Topliss-reactive ketones (excluding diaryl/α,β-unsaturated/α-hetero) is 1. The summed E-state index contributed by atoms with van der Waals surface area (Å²) in [5.41, 5.74) is 1.42. The summed E-state index contributed by atoms with van der Waals surface area (Å²) >= 11 is 0. The van der Waals surface area contributed by atoms with Gasteiger partial charge in [-0.05, 0) is 37.0 Å². The van der Waals surface area contributed by atoms with E-state index >= 15 is 0 Å².